The van der Waals surface area contributed by atoms with E-state index < -0.39 is 72.6 Å². The maximum absolute atomic E-state index is 12.2. The molecule has 1 aliphatic carbocycles. The van der Waals surface area contributed by atoms with Crippen LogP contribution < -0.4 is 0 Å². The van der Waals surface area contributed by atoms with E-state index in [0.717, 1.165) is 5.56 Å². The number of carbonyl (C=O) groups is 1. The number of carbonyl (C=O) groups excluding carboxylic acids is 1. The molecule has 4 aliphatic rings. The number of aliphatic hydroxyl groups is 5. The Morgan fingerprint density at radius 3 is 2.51 bits per heavy atom. The molecular formula is C24H30O11. The third kappa shape index (κ3) is 4.47. The van der Waals surface area contributed by atoms with Gasteiger partial charge in [-0.2, -0.15) is 0 Å². The number of rotatable bonds is 8. The van der Waals surface area contributed by atoms with E-state index in [-0.39, 0.29) is 19.6 Å². The Labute approximate surface area is 201 Å². The fourth-order valence-corrected chi connectivity index (χ4v) is 5.30. The maximum atomic E-state index is 12.2. The standard InChI is InChI=1S/C24H30O11/c25-11-24-16-13(17(27)21(24)35-24)8-9-31-22(16)34-23-20(30)19(29)18(28)14(33-23)10-32-15(26)7-6-12-4-2-1-3-5-12/h1-5,8-9,13-14,16-23,25,27-30H,6-7,10-11H2/t13?,14-,16?,17?,18-,19+,20-,21?,22?,23+,24?/m1/s1. The average molecular weight is 494 g/mol. The minimum Gasteiger partial charge on any atom is -0.472 e. The second-order valence-corrected chi connectivity index (χ2v) is 9.40. The maximum Gasteiger partial charge on any atom is 0.306 e. The van der Waals surface area contributed by atoms with E-state index in [1.807, 2.05) is 30.3 Å². The van der Waals surface area contributed by atoms with Gasteiger partial charge in [0.1, 0.15) is 42.7 Å². The summed E-state index contributed by atoms with van der Waals surface area (Å²) in [5, 5.41) is 51.5. The number of hydrogen-bond acceptors (Lipinski definition) is 11. The van der Waals surface area contributed by atoms with Gasteiger partial charge in [-0.3, -0.25) is 4.79 Å². The highest BCUT2D eigenvalue weighted by atomic mass is 16.8. The largest absolute Gasteiger partial charge is 0.472 e. The van der Waals surface area contributed by atoms with Crippen molar-refractivity contribution in [1.29, 1.82) is 0 Å². The summed E-state index contributed by atoms with van der Waals surface area (Å²) in [5.41, 5.74) is -0.0601. The topological polar surface area (TPSA) is 168 Å². The second kappa shape index (κ2) is 9.75. The van der Waals surface area contributed by atoms with Gasteiger partial charge in [0.2, 0.25) is 6.29 Å². The van der Waals surface area contributed by atoms with Crippen LogP contribution in [-0.2, 0) is 34.9 Å². The summed E-state index contributed by atoms with van der Waals surface area (Å²) in [4.78, 5) is 12.2. The number of aryl methyl sites for hydroxylation is 1. The molecule has 6 unspecified atom stereocenters. The first-order valence-corrected chi connectivity index (χ1v) is 11.7. The quantitative estimate of drug-likeness (QED) is 0.213. The van der Waals surface area contributed by atoms with Crippen molar-refractivity contribution in [1.82, 2.24) is 0 Å². The fourth-order valence-electron chi connectivity index (χ4n) is 5.30. The average Bonchev–Trinajstić information content (AvgIpc) is 3.57. The van der Waals surface area contributed by atoms with E-state index in [0.29, 0.717) is 6.42 Å². The van der Waals surface area contributed by atoms with Crippen LogP contribution in [0.2, 0.25) is 0 Å². The smallest absolute Gasteiger partial charge is 0.306 e. The Balaban J connectivity index is 1.20. The zero-order chi connectivity index (χ0) is 24.7. The molecule has 0 radical (unpaired) electrons. The van der Waals surface area contributed by atoms with Gasteiger partial charge in [-0.1, -0.05) is 30.3 Å². The molecule has 1 saturated carbocycles. The second-order valence-electron chi connectivity index (χ2n) is 9.40. The number of benzene rings is 1. The highest BCUT2D eigenvalue weighted by Crippen LogP contribution is 2.59. The summed E-state index contributed by atoms with van der Waals surface area (Å²) in [6.45, 7) is -0.718. The van der Waals surface area contributed by atoms with Crippen LogP contribution in [0.5, 0.6) is 0 Å². The van der Waals surface area contributed by atoms with Crippen molar-refractivity contribution in [3.63, 3.8) is 0 Å². The molecule has 2 saturated heterocycles. The lowest BCUT2D eigenvalue weighted by Crippen LogP contribution is -2.60. The van der Waals surface area contributed by atoms with Gasteiger partial charge >= 0.3 is 5.97 Å². The molecule has 3 aliphatic heterocycles. The van der Waals surface area contributed by atoms with Gasteiger partial charge in [-0.25, -0.2) is 0 Å². The summed E-state index contributed by atoms with van der Waals surface area (Å²) in [6.07, 6.45) is -6.27. The van der Waals surface area contributed by atoms with Crippen LogP contribution in [-0.4, -0.2) is 99.5 Å². The summed E-state index contributed by atoms with van der Waals surface area (Å²) < 4.78 is 27.8. The Morgan fingerprint density at radius 2 is 1.77 bits per heavy atom. The SMILES string of the molecule is O=C(CCc1ccccc1)OC[C@H]1O[C@@H](OC2OC=CC3C(O)C4OC4(CO)C23)[C@H](O)[C@@H](O)[C@@H]1O. The number of aliphatic hydroxyl groups excluding tert-OH is 5. The molecule has 0 bridgehead atoms. The molecule has 5 N–H and O–H groups in total. The molecule has 192 valence electrons. The number of esters is 1. The predicted octanol–water partition coefficient (Wildman–Crippen LogP) is -1.41. The van der Waals surface area contributed by atoms with Crippen molar-refractivity contribution in [3.8, 4) is 0 Å². The molecule has 5 rings (SSSR count). The molecule has 1 aromatic rings. The molecular weight excluding hydrogens is 464 g/mol. The highest BCUT2D eigenvalue weighted by molar-refractivity contribution is 5.69. The first-order valence-electron chi connectivity index (χ1n) is 11.7. The van der Waals surface area contributed by atoms with Crippen LogP contribution in [0, 0.1) is 11.8 Å². The van der Waals surface area contributed by atoms with Gasteiger partial charge in [-0.05, 0) is 18.1 Å². The summed E-state index contributed by atoms with van der Waals surface area (Å²) in [6, 6.07) is 9.42. The molecule has 1 aromatic carbocycles. The van der Waals surface area contributed by atoms with Gasteiger partial charge in [0.05, 0.1) is 24.9 Å². The molecule has 0 amide bonds. The van der Waals surface area contributed by atoms with Crippen molar-refractivity contribution < 1.29 is 54.0 Å². The lowest BCUT2D eigenvalue weighted by atomic mass is 9.85. The molecule has 35 heavy (non-hydrogen) atoms. The summed E-state index contributed by atoms with van der Waals surface area (Å²) in [5.74, 6) is -1.50. The van der Waals surface area contributed by atoms with E-state index in [2.05, 4.69) is 0 Å². The van der Waals surface area contributed by atoms with E-state index in [1.165, 1.54) is 6.26 Å². The molecule has 0 spiro atoms. The van der Waals surface area contributed by atoms with Gasteiger partial charge in [0.15, 0.2) is 6.29 Å². The Kier molecular flexibility index (Phi) is 6.85. The van der Waals surface area contributed by atoms with Gasteiger partial charge in [0, 0.05) is 12.3 Å². The lowest BCUT2D eigenvalue weighted by molar-refractivity contribution is -0.344. The molecule has 3 fully saturated rings. The van der Waals surface area contributed by atoms with Crippen molar-refractivity contribution >= 4 is 5.97 Å². The van der Waals surface area contributed by atoms with Crippen LogP contribution in [0.25, 0.3) is 0 Å². The van der Waals surface area contributed by atoms with E-state index in [1.54, 1.807) is 6.08 Å². The third-order valence-corrected chi connectivity index (χ3v) is 7.31. The van der Waals surface area contributed by atoms with E-state index >= 15 is 0 Å². The number of epoxide rings is 1. The summed E-state index contributed by atoms with van der Waals surface area (Å²) >= 11 is 0. The normalized spacial score (nSPS) is 43.7. The lowest BCUT2D eigenvalue weighted by Gasteiger charge is -2.43. The van der Waals surface area contributed by atoms with Gasteiger partial charge in [-0.15, -0.1) is 0 Å². The minimum absolute atomic E-state index is 0.121. The zero-order valence-corrected chi connectivity index (χ0v) is 18.8. The van der Waals surface area contributed by atoms with Crippen molar-refractivity contribution in [2.75, 3.05) is 13.2 Å². The Bertz CT molecular complexity index is 925. The van der Waals surface area contributed by atoms with Crippen molar-refractivity contribution in [2.45, 2.75) is 67.6 Å². The fraction of sp³-hybridized carbons (Fsp3) is 0.625. The monoisotopic (exact) mass is 494 g/mol. The predicted molar refractivity (Wildman–Crippen MR) is 115 cm³/mol. The van der Waals surface area contributed by atoms with Crippen molar-refractivity contribution in [3.05, 3.63) is 48.2 Å². The molecule has 0 aromatic heterocycles. The molecule has 3 heterocycles. The highest BCUT2D eigenvalue weighted by Gasteiger charge is 2.75. The van der Waals surface area contributed by atoms with Crippen LogP contribution in [0.4, 0.5) is 0 Å². The van der Waals surface area contributed by atoms with Gasteiger partial charge < -0.3 is 49.2 Å². The van der Waals surface area contributed by atoms with Crippen LogP contribution in [0.3, 0.4) is 0 Å². The minimum atomic E-state index is -1.64. The summed E-state index contributed by atoms with van der Waals surface area (Å²) in [7, 11) is 0. The molecule has 11 atom stereocenters. The Hall–Kier alpha value is -2.09. The van der Waals surface area contributed by atoms with Gasteiger partial charge in [0.25, 0.3) is 0 Å². The molecule has 11 nitrogen and oxygen atoms in total. The Morgan fingerprint density at radius 1 is 1.00 bits per heavy atom. The van der Waals surface area contributed by atoms with Crippen molar-refractivity contribution in [2.24, 2.45) is 11.8 Å². The molecule has 11 heteroatoms. The zero-order valence-electron chi connectivity index (χ0n) is 18.8. The van der Waals surface area contributed by atoms with E-state index in [9.17, 15) is 30.3 Å². The van der Waals surface area contributed by atoms with E-state index in [4.69, 9.17) is 23.7 Å². The van der Waals surface area contributed by atoms with Crippen LogP contribution in [0.15, 0.2) is 42.7 Å². The first kappa shape index (κ1) is 24.6. The van der Waals surface area contributed by atoms with Crippen LogP contribution >= 0.6 is 0 Å². The number of hydrogen-bond donors (Lipinski definition) is 5. The number of fused-ring (bicyclic) bond motifs is 3. The third-order valence-electron chi connectivity index (χ3n) is 7.31. The number of ether oxygens (including phenoxy) is 5. The first-order chi connectivity index (χ1) is 16.9. The van der Waals surface area contributed by atoms with Crippen LogP contribution in [0.1, 0.15) is 12.0 Å².